The van der Waals surface area contributed by atoms with Gasteiger partial charge in [-0.25, -0.2) is 0 Å². The molecule has 0 unspecified atom stereocenters. The zero-order chi connectivity index (χ0) is 22.4. The van der Waals surface area contributed by atoms with Crippen molar-refractivity contribution in [3.8, 4) is 0 Å². The average Bonchev–Trinajstić information content (AvgIpc) is 2.75. The largest absolute Gasteiger partial charge is 0.368 e. The molecule has 0 spiro atoms. The van der Waals surface area contributed by atoms with Gasteiger partial charge in [0.25, 0.3) is 0 Å². The molecule has 3 aromatic rings. The van der Waals surface area contributed by atoms with Crippen LogP contribution in [-0.4, -0.2) is 17.9 Å². The Morgan fingerprint density at radius 3 is 1.71 bits per heavy atom. The van der Waals surface area contributed by atoms with E-state index in [1.165, 1.54) is 5.56 Å². The summed E-state index contributed by atoms with van der Waals surface area (Å²) in [5, 5.41) is 2.89. The summed E-state index contributed by atoms with van der Waals surface area (Å²) in [4.78, 5) is 25.5. The van der Waals surface area contributed by atoms with Crippen LogP contribution in [0, 0.1) is 0 Å². The van der Waals surface area contributed by atoms with Crippen LogP contribution in [0.3, 0.4) is 0 Å². The topological polar surface area (TPSA) is 72.2 Å². The Bertz CT molecular complexity index is 967. The smallest absolute Gasteiger partial charge is 0.240 e. The molecule has 2 amide bonds. The molecule has 4 heteroatoms. The van der Waals surface area contributed by atoms with Gasteiger partial charge in [0, 0.05) is 6.42 Å². The fourth-order valence-electron chi connectivity index (χ4n) is 3.64. The fraction of sp³-hybridized carbons (Fsp3) is 0.259. The van der Waals surface area contributed by atoms with Crippen molar-refractivity contribution in [1.29, 1.82) is 0 Å². The first kappa shape index (κ1) is 22.3. The van der Waals surface area contributed by atoms with Crippen molar-refractivity contribution in [2.45, 2.75) is 44.6 Å². The van der Waals surface area contributed by atoms with Gasteiger partial charge in [-0.2, -0.15) is 0 Å². The molecule has 31 heavy (non-hydrogen) atoms. The van der Waals surface area contributed by atoms with E-state index in [1.807, 2.05) is 72.8 Å². The second-order valence-corrected chi connectivity index (χ2v) is 8.87. The van der Waals surface area contributed by atoms with Crippen LogP contribution in [0.25, 0.3) is 0 Å². The van der Waals surface area contributed by atoms with E-state index in [1.54, 1.807) is 0 Å². The summed E-state index contributed by atoms with van der Waals surface area (Å²) in [6, 6.07) is 26.4. The Morgan fingerprint density at radius 2 is 1.29 bits per heavy atom. The zero-order valence-corrected chi connectivity index (χ0v) is 18.3. The van der Waals surface area contributed by atoms with E-state index >= 15 is 0 Å². The number of carbonyl (C=O) groups excluding carboxylic acids is 2. The van der Waals surface area contributed by atoms with Gasteiger partial charge < -0.3 is 11.1 Å². The molecule has 0 aliphatic heterocycles. The molecule has 3 aromatic carbocycles. The lowest BCUT2D eigenvalue weighted by Crippen LogP contribution is -2.47. The molecule has 0 saturated carbocycles. The van der Waals surface area contributed by atoms with Crippen molar-refractivity contribution in [1.82, 2.24) is 5.32 Å². The van der Waals surface area contributed by atoms with Crippen LogP contribution in [0.15, 0.2) is 84.9 Å². The summed E-state index contributed by atoms with van der Waals surface area (Å²) < 4.78 is 0. The first-order valence-corrected chi connectivity index (χ1v) is 10.5. The van der Waals surface area contributed by atoms with Crippen LogP contribution in [0.1, 0.15) is 48.9 Å². The fourth-order valence-corrected chi connectivity index (χ4v) is 3.64. The highest BCUT2D eigenvalue weighted by Crippen LogP contribution is 2.25. The Morgan fingerprint density at radius 1 is 0.806 bits per heavy atom. The molecule has 0 saturated heterocycles. The van der Waals surface area contributed by atoms with E-state index in [-0.39, 0.29) is 11.3 Å². The van der Waals surface area contributed by atoms with Crippen LogP contribution in [0.2, 0.25) is 0 Å². The van der Waals surface area contributed by atoms with Gasteiger partial charge in [-0.1, -0.05) is 106 Å². The number of nitrogens with one attached hydrogen (secondary N) is 1. The van der Waals surface area contributed by atoms with Crippen LogP contribution >= 0.6 is 0 Å². The van der Waals surface area contributed by atoms with E-state index < -0.39 is 17.9 Å². The Hall–Kier alpha value is -3.40. The van der Waals surface area contributed by atoms with Gasteiger partial charge >= 0.3 is 0 Å². The van der Waals surface area contributed by atoms with Gasteiger partial charge in [0.15, 0.2) is 0 Å². The third-order valence-electron chi connectivity index (χ3n) is 5.45. The number of hydrogen-bond donors (Lipinski definition) is 2. The summed E-state index contributed by atoms with van der Waals surface area (Å²) in [6.07, 6.45) is 0.349. The quantitative estimate of drug-likeness (QED) is 0.604. The first-order chi connectivity index (χ1) is 14.8. The molecule has 4 nitrogen and oxygen atoms in total. The summed E-state index contributed by atoms with van der Waals surface area (Å²) in [7, 11) is 0. The van der Waals surface area contributed by atoms with Crippen LogP contribution in [0.4, 0.5) is 0 Å². The molecule has 3 N–H and O–H groups in total. The lowest BCUT2D eigenvalue weighted by Gasteiger charge is -2.23. The second kappa shape index (κ2) is 9.61. The van der Waals surface area contributed by atoms with Gasteiger partial charge in [0.1, 0.15) is 6.04 Å². The molecular formula is C27H30N2O2. The number of rotatable bonds is 7. The van der Waals surface area contributed by atoms with E-state index in [2.05, 4.69) is 38.2 Å². The monoisotopic (exact) mass is 414 g/mol. The molecule has 0 bridgehead atoms. The Kier molecular flexibility index (Phi) is 6.91. The van der Waals surface area contributed by atoms with Crippen molar-refractivity contribution in [3.05, 3.63) is 107 Å². The van der Waals surface area contributed by atoms with Crippen molar-refractivity contribution >= 4 is 11.8 Å². The van der Waals surface area contributed by atoms with Gasteiger partial charge in [0.05, 0.1) is 5.92 Å². The second-order valence-electron chi connectivity index (χ2n) is 8.87. The number of benzene rings is 3. The Balaban J connectivity index is 1.82. The summed E-state index contributed by atoms with van der Waals surface area (Å²) in [5.41, 5.74) is 9.60. The van der Waals surface area contributed by atoms with E-state index in [9.17, 15) is 9.59 Å². The van der Waals surface area contributed by atoms with Crippen molar-refractivity contribution in [3.63, 3.8) is 0 Å². The standard InChI is InChI=1S/C27H30N2O2/c1-27(2,3)22-16-14-19(15-17-22)18-23(25(28)30)29-26(31)24(20-10-6-4-7-11-20)21-12-8-5-9-13-21/h4-17,23-24H,18H2,1-3H3,(H2,28,30)(H,29,31)/t23-/m1/s1. The average molecular weight is 415 g/mol. The third kappa shape index (κ3) is 5.82. The summed E-state index contributed by atoms with van der Waals surface area (Å²) >= 11 is 0. The molecule has 1 atom stereocenters. The maximum atomic E-state index is 13.3. The predicted octanol–water partition coefficient (Wildman–Crippen LogP) is 4.33. The number of amides is 2. The van der Waals surface area contributed by atoms with Crippen molar-refractivity contribution in [2.24, 2.45) is 5.73 Å². The molecule has 0 radical (unpaired) electrons. The van der Waals surface area contributed by atoms with Gasteiger partial charge in [-0.05, 0) is 27.7 Å². The number of hydrogen-bond acceptors (Lipinski definition) is 2. The number of nitrogens with two attached hydrogens (primary N) is 1. The normalized spacial score (nSPS) is 12.4. The molecular weight excluding hydrogens is 384 g/mol. The predicted molar refractivity (Wildman–Crippen MR) is 125 cm³/mol. The highest BCUT2D eigenvalue weighted by Gasteiger charge is 2.27. The highest BCUT2D eigenvalue weighted by atomic mass is 16.2. The minimum Gasteiger partial charge on any atom is -0.368 e. The minimum atomic E-state index is -0.789. The van der Waals surface area contributed by atoms with Crippen LogP contribution in [-0.2, 0) is 21.4 Å². The Labute approximate surface area is 184 Å². The van der Waals surface area contributed by atoms with Gasteiger partial charge in [-0.3, -0.25) is 9.59 Å². The number of primary amides is 1. The molecule has 160 valence electrons. The maximum Gasteiger partial charge on any atom is 0.240 e. The van der Waals surface area contributed by atoms with Crippen molar-refractivity contribution in [2.75, 3.05) is 0 Å². The van der Waals surface area contributed by atoms with Gasteiger partial charge in [-0.15, -0.1) is 0 Å². The summed E-state index contributed by atoms with van der Waals surface area (Å²) in [6.45, 7) is 6.46. The van der Waals surface area contributed by atoms with Gasteiger partial charge in [0.2, 0.25) is 11.8 Å². The number of carbonyl (C=O) groups is 2. The molecule has 0 aliphatic rings. The molecule has 0 aliphatic carbocycles. The minimum absolute atomic E-state index is 0.0500. The lowest BCUT2D eigenvalue weighted by atomic mass is 9.86. The SMILES string of the molecule is CC(C)(C)c1ccc(C[C@@H](NC(=O)C(c2ccccc2)c2ccccc2)C(N)=O)cc1. The van der Waals surface area contributed by atoms with Crippen LogP contribution in [0.5, 0.6) is 0 Å². The lowest BCUT2D eigenvalue weighted by molar-refractivity contribution is -0.127. The van der Waals surface area contributed by atoms with E-state index in [0.717, 1.165) is 16.7 Å². The summed E-state index contributed by atoms with van der Waals surface area (Å²) in [5.74, 6) is -1.31. The van der Waals surface area contributed by atoms with Crippen LogP contribution < -0.4 is 11.1 Å². The molecule has 0 fully saturated rings. The van der Waals surface area contributed by atoms with Crippen molar-refractivity contribution < 1.29 is 9.59 Å². The highest BCUT2D eigenvalue weighted by molar-refractivity contribution is 5.92. The zero-order valence-electron chi connectivity index (χ0n) is 18.3. The third-order valence-corrected chi connectivity index (χ3v) is 5.45. The first-order valence-electron chi connectivity index (χ1n) is 10.5. The molecule has 0 heterocycles. The van der Waals surface area contributed by atoms with E-state index in [0.29, 0.717) is 6.42 Å². The van der Waals surface area contributed by atoms with E-state index in [4.69, 9.17) is 5.73 Å². The molecule has 3 rings (SSSR count). The maximum absolute atomic E-state index is 13.3. The molecule has 0 aromatic heterocycles.